The highest BCUT2D eigenvalue weighted by molar-refractivity contribution is 7.91. The fraction of sp³-hybridized carbons (Fsp3) is 0.375. The normalized spacial score (nSPS) is 16.4. The van der Waals surface area contributed by atoms with Gasteiger partial charge in [-0.2, -0.15) is 0 Å². The molecule has 0 spiro atoms. The van der Waals surface area contributed by atoms with Crippen LogP contribution in [0.5, 0.6) is 0 Å². The lowest BCUT2D eigenvalue weighted by atomic mass is 10.1. The Labute approximate surface area is 135 Å². The van der Waals surface area contributed by atoms with Crippen LogP contribution in [0.15, 0.2) is 47.2 Å². The summed E-state index contributed by atoms with van der Waals surface area (Å²) in [6.07, 6.45) is 3.94. The van der Waals surface area contributed by atoms with Crippen molar-refractivity contribution in [1.29, 1.82) is 0 Å². The maximum Gasteiger partial charge on any atom is 0.272 e. The van der Waals surface area contributed by atoms with E-state index >= 15 is 0 Å². The van der Waals surface area contributed by atoms with Crippen LogP contribution in [0.3, 0.4) is 0 Å². The average Bonchev–Trinajstić information content (AvgIpc) is 3.07. The zero-order valence-corrected chi connectivity index (χ0v) is 13.4. The van der Waals surface area contributed by atoms with Gasteiger partial charge in [-0.05, 0) is 37.1 Å². The van der Waals surface area contributed by atoms with Gasteiger partial charge in [0.25, 0.3) is 5.91 Å². The van der Waals surface area contributed by atoms with Crippen molar-refractivity contribution in [2.45, 2.75) is 23.8 Å². The van der Waals surface area contributed by atoms with E-state index < -0.39 is 15.1 Å². The number of piperidine rings is 1. The van der Waals surface area contributed by atoms with E-state index in [9.17, 15) is 13.2 Å². The van der Waals surface area contributed by atoms with Crippen molar-refractivity contribution in [2.75, 3.05) is 13.1 Å². The lowest BCUT2D eigenvalue weighted by molar-refractivity contribution is 0.0719. The van der Waals surface area contributed by atoms with Gasteiger partial charge in [0.15, 0.2) is 9.84 Å². The zero-order valence-electron chi connectivity index (χ0n) is 12.6. The first-order chi connectivity index (χ1) is 11.1. The van der Waals surface area contributed by atoms with Gasteiger partial charge >= 0.3 is 0 Å². The van der Waals surface area contributed by atoms with Crippen molar-refractivity contribution in [1.82, 2.24) is 9.88 Å². The Morgan fingerprint density at radius 1 is 1.22 bits per heavy atom. The molecule has 0 N–H and O–H groups in total. The first-order valence-electron chi connectivity index (χ1n) is 7.50. The third-order valence-electron chi connectivity index (χ3n) is 4.04. The molecule has 3 heterocycles. The third-order valence-corrected chi connectivity index (χ3v) is 6.22. The van der Waals surface area contributed by atoms with E-state index in [1.807, 2.05) is 0 Å². The number of furan rings is 1. The highest BCUT2D eigenvalue weighted by Crippen LogP contribution is 2.22. The van der Waals surface area contributed by atoms with E-state index in [-0.39, 0.29) is 11.7 Å². The fourth-order valence-electron chi connectivity index (χ4n) is 2.78. The number of carbonyl (C=O) groups is 1. The van der Waals surface area contributed by atoms with Crippen LogP contribution in [0.2, 0.25) is 0 Å². The Bertz CT molecular complexity index is 749. The third kappa shape index (κ3) is 3.61. The second kappa shape index (κ2) is 6.54. The molecule has 122 valence electrons. The van der Waals surface area contributed by atoms with Crippen LogP contribution in [-0.2, 0) is 15.6 Å². The van der Waals surface area contributed by atoms with E-state index in [0.717, 1.165) is 0 Å². The first kappa shape index (κ1) is 15.7. The van der Waals surface area contributed by atoms with E-state index in [1.165, 1.54) is 6.26 Å². The Morgan fingerprint density at radius 2 is 2.00 bits per heavy atom. The fourth-order valence-corrected chi connectivity index (χ4v) is 4.51. The maximum atomic E-state index is 12.4. The van der Waals surface area contributed by atoms with Gasteiger partial charge in [0.2, 0.25) is 0 Å². The summed E-state index contributed by atoms with van der Waals surface area (Å²) in [6, 6.07) is 8.53. The van der Waals surface area contributed by atoms with Gasteiger partial charge in [-0.3, -0.25) is 9.78 Å². The molecule has 3 rings (SSSR count). The van der Waals surface area contributed by atoms with Gasteiger partial charge in [-0.15, -0.1) is 0 Å². The summed E-state index contributed by atoms with van der Waals surface area (Å²) in [5.74, 6) is 0.225. The lowest BCUT2D eigenvalue weighted by Crippen LogP contribution is -2.43. The summed E-state index contributed by atoms with van der Waals surface area (Å²) in [7, 11) is -3.27. The number of carbonyl (C=O) groups excluding carboxylic acids is 1. The van der Waals surface area contributed by atoms with Gasteiger partial charge in [-0.1, -0.05) is 6.07 Å². The maximum absolute atomic E-state index is 12.4. The van der Waals surface area contributed by atoms with Gasteiger partial charge in [0.05, 0.1) is 11.5 Å². The standard InChI is InChI=1S/C16H18N2O4S/c19-16(15-5-1-2-8-17-15)18-9-6-14(7-10-18)23(20,21)12-13-4-3-11-22-13/h1-5,8,11,14H,6-7,9-10,12H2. The molecule has 23 heavy (non-hydrogen) atoms. The molecule has 6 nitrogen and oxygen atoms in total. The van der Waals surface area contributed by atoms with E-state index in [2.05, 4.69) is 4.98 Å². The van der Waals surface area contributed by atoms with Crippen molar-refractivity contribution >= 4 is 15.7 Å². The predicted molar refractivity (Wildman–Crippen MR) is 84.5 cm³/mol. The smallest absolute Gasteiger partial charge is 0.272 e. The molecule has 7 heteroatoms. The number of likely N-dealkylation sites (tertiary alicyclic amines) is 1. The summed E-state index contributed by atoms with van der Waals surface area (Å²) in [4.78, 5) is 18.0. The molecule has 0 bridgehead atoms. The number of rotatable bonds is 4. The summed E-state index contributed by atoms with van der Waals surface area (Å²) in [5.41, 5.74) is 0.393. The SMILES string of the molecule is O=C(c1ccccn1)N1CCC(S(=O)(=O)Cc2ccco2)CC1. The van der Waals surface area contributed by atoms with Crippen LogP contribution in [0.1, 0.15) is 29.1 Å². The molecule has 0 radical (unpaired) electrons. The Hall–Kier alpha value is -2.15. The molecular weight excluding hydrogens is 316 g/mol. The van der Waals surface area contributed by atoms with E-state index in [0.29, 0.717) is 37.4 Å². The number of amides is 1. The summed E-state index contributed by atoms with van der Waals surface area (Å²) in [5, 5.41) is -0.430. The summed E-state index contributed by atoms with van der Waals surface area (Å²) in [6.45, 7) is 0.856. The molecule has 0 aromatic carbocycles. The molecular formula is C16H18N2O4S. The number of hydrogen-bond acceptors (Lipinski definition) is 5. The predicted octanol–water partition coefficient (Wildman–Crippen LogP) is 1.89. The minimum atomic E-state index is -3.27. The van der Waals surface area contributed by atoms with Crippen molar-refractivity contribution in [3.63, 3.8) is 0 Å². The molecule has 0 unspecified atom stereocenters. The summed E-state index contributed by atoms with van der Waals surface area (Å²) < 4.78 is 30.0. The molecule has 1 fully saturated rings. The largest absolute Gasteiger partial charge is 0.468 e. The molecule has 1 saturated heterocycles. The number of pyridine rings is 1. The van der Waals surface area contributed by atoms with Crippen molar-refractivity contribution in [3.8, 4) is 0 Å². The van der Waals surface area contributed by atoms with Crippen molar-refractivity contribution < 1.29 is 17.6 Å². The van der Waals surface area contributed by atoms with Crippen LogP contribution in [0.25, 0.3) is 0 Å². The van der Waals surface area contributed by atoms with Crippen molar-refractivity contribution in [2.24, 2.45) is 0 Å². The minimum Gasteiger partial charge on any atom is -0.468 e. The minimum absolute atomic E-state index is 0.0845. The van der Waals surface area contributed by atoms with Crippen molar-refractivity contribution in [3.05, 3.63) is 54.2 Å². The van der Waals surface area contributed by atoms with Gasteiger partial charge in [0.1, 0.15) is 17.2 Å². The van der Waals surface area contributed by atoms with Crippen LogP contribution >= 0.6 is 0 Å². The van der Waals surface area contributed by atoms with Crippen LogP contribution in [0, 0.1) is 0 Å². The van der Waals surface area contributed by atoms with Crippen LogP contribution in [-0.4, -0.2) is 42.5 Å². The molecule has 1 aliphatic heterocycles. The lowest BCUT2D eigenvalue weighted by Gasteiger charge is -2.31. The molecule has 1 amide bonds. The number of aromatic nitrogens is 1. The summed E-state index contributed by atoms with van der Waals surface area (Å²) >= 11 is 0. The van der Waals surface area contributed by atoms with Gasteiger partial charge in [-0.25, -0.2) is 8.42 Å². The Morgan fingerprint density at radius 3 is 2.61 bits per heavy atom. The van der Waals surface area contributed by atoms with E-state index in [1.54, 1.807) is 41.4 Å². The van der Waals surface area contributed by atoms with Gasteiger partial charge in [0, 0.05) is 19.3 Å². The second-order valence-corrected chi connectivity index (χ2v) is 7.87. The monoisotopic (exact) mass is 334 g/mol. The number of sulfone groups is 1. The van der Waals surface area contributed by atoms with Crippen LogP contribution < -0.4 is 0 Å². The van der Waals surface area contributed by atoms with E-state index in [4.69, 9.17) is 4.42 Å². The Kier molecular flexibility index (Phi) is 4.47. The van der Waals surface area contributed by atoms with Gasteiger partial charge < -0.3 is 9.32 Å². The molecule has 2 aromatic rings. The zero-order chi connectivity index (χ0) is 16.3. The topological polar surface area (TPSA) is 80.5 Å². The second-order valence-electron chi connectivity index (χ2n) is 5.59. The molecule has 0 saturated carbocycles. The number of hydrogen-bond donors (Lipinski definition) is 0. The average molecular weight is 334 g/mol. The number of nitrogens with zero attached hydrogens (tertiary/aromatic N) is 2. The molecule has 0 aliphatic carbocycles. The molecule has 2 aromatic heterocycles. The molecule has 1 aliphatic rings. The highest BCUT2D eigenvalue weighted by Gasteiger charge is 2.32. The molecule has 0 atom stereocenters. The highest BCUT2D eigenvalue weighted by atomic mass is 32.2. The van der Waals surface area contributed by atoms with Crippen LogP contribution in [0.4, 0.5) is 0 Å². The first-order valence-corrected chi connectivity index (χ1v) is 9.22. The Balaban J connectivity index is 1.61. The quantitative estimate of drug-likeness (QED) is 0.853.